The van der Waals surface area contributed by atoms with Crippen LogP contribution in [0.4, 0.5) is 0 Å². The molecule has 3 amide bonds. The number of carbonyl (C=O) groups is 3. The second kappa shape index (κ2) is 14.9. The van der Waals surface area contributed by atoms with E-state index >= 15 is 0 Å². The van der Waals surface area contributed by atoms with Gasteiger partial charge in [-0.1, -0.05) is 79.2 Å². The van der Waals surface area contributed by atoms with Crippen molar-refractivity contribution in [3.8, 4) is 0 Å². The molecule has 0 spiro atoms. The van der Waals surface area contributed by atoms with E-state index in [0.29, 0.717) is 35.5 Å². The lowest BCUT2D eigenvalue weighted by molar-refractivity contribution is -0.199. The van der Waals surface area contributed by atoms with Crippen LogP contribution in [0, 0.1) is 23.2 Å². The van der Waals surface area contributed by atoms with Gasteiger partial charge < -0.3 is 25.3 Å². The summed E-state index contributed by atoms with van der Waals surface area (Å²) >= 11 is 1.34. The van der Waals surface area contributed by atoms with Crippen molar-refractivity contribution in [2.24, 2.45) is 23.2 Å². The summed E-state index contributed by atoms with van der Waals surface area (Å²) in [5.74, 6) is 0.228. The van der Waals surface area contributed by atoms with Crippen LogP contribution in [0.1, 0.15) is 122 Å². The largest absolute Gasteiger partial charge is 0.481 e. The van der Waals surface area contributed by atoms with Gasteiger partial charge in [-0.05, 0) is 67.2 Å². The first kappa shape index (κ1) is 34.0. The number of thiophene rings is 1. The molecule has 43 heavy (non-hydrogen) atoms. The Balaban J connectivity index is 1.38. The van der Waals surface area contributed by atoms with Gasteiger partial charge in [0.25, 0.3) is 5.91 Å². The van der Waals surface area contributed by atoms with Gasteiger partial charge in [0, 0.05) is 13.0 Å². The number of hydrogen-bond donors (Lipinski definition) is 3. The predicted molar refractivity (Wildman–Crippen MR) is 173 cm³/mol. The first-order chi connectivity index (χ1) is 20.5. The van der Waals surface area contributed by atoms with Crippen LogP contribution in [0.5, 0.6) is 0 Å². The molecule has 0 aromatic carbocycles. The second-order valence-corrected chi connectivity index (χ2v) is 15.2. The zero-order chi connectivity index (χ0) is 31.2. The Hall–Kier alpha value is -1.91. The molecule has 3 N–H and O–H groups in total. The number of unbranched alkanes of at least 4 members (excludes halogenated alkanes) is 6. The number of amides is 3. The van der Waals surface area contributed by atoms with Gasteiger partial charge in [0.05, 0.1) is 22.5 Å². The molecule has 2 heterocycles. The van der Waals surface area contributed by atoms with Crippen molar-refractivity contribution >= 4 is 36.2 Å². The molecule has 0 radical (unpaired) electrons. The fourth-order valence-electron chi connectivity index (χ4n) is 7.51. The summed E-state index contributed by atoms with van der Waals surface area (Å²) in [4.78, 5) is 40.0. The third-order valence-corrected chi connectivity index (χ3v) is 11.1. The van der Waals surface area contributed by atoms with Crippen molar-refractivity contribution in [2.75, 3.05) is 6.54 Å². The Morgan fingerprint density at radius 2 is 1.77 bits per heavy atom. The summed E-state index contributed by atoms with van der Waals surface area (Å²) in [6, 6.07) is 2.66. The van der Waals surface area contributed by atoms with Gasteiger partial charge in [0.1, 0.15) is 6.04 Å². The first-order valence-corrected chi connectivity index (χ1v) is 17.6. The maximum Gasteiger partial charge on any atom is 0.481 e. The number of rotatable bonds is 17. The smallest absolute Gasteiger partial charge is 0.404 e. The SMILES string of the molecule is CCCCCCCCCC(=O)N[C@@H](CNC(=O)c1cccs1)C(=O)N[C@@H](CC(C)C)B1O[C@@H]2C[C@@H]3C[C@@H](C3(C)C)[C@]2(C)O1. The molecule has 1 aliphatic heterocycles. The van der Waals surface area contributed by atoms with E-state index in [1.807, 2.05) is 11.4 Å². The van der Waals surface area contributed by atoms with Crippen molar-refractivity contribution in [1.29, 1.82) is 0 Å². The molecule has 10 heteroatoms. The summed E-state index contributed by atoms with van der Waals surface area (Å²) in [6.07, 6.45) is 11.0. The fourth-order valence-corrected chi connectivity index (χ4v) is 8.15. The summed E-state index contributed by atoms with van der Waals surface area (Å²) < 4.78 is 13.3. The van der Waals surface area contributed by atoms with E-state index in [4.69, 9.17) is 9.31 Å². The molecule has 1 aromatic heterocycles. The van der Waals surface area contributed by atoms with Crippen molar-refractivity contribution in [1.82, 2.24) is 16.0 Å². The molecule has 2 bridgehead atoms. The molecule has 6 atom stereocenters. The molecule has 5 rings (SSSR count). The standard InChI is InChI=1S/C33H54BN3O5S/c1-7-8-9-10-11-12-13-16-29(38)36-24(21-35-31(40)25-15-14-17-43-25)30(39)37-28(18-22(2)3)34-41-27-20-23-19-26(32(23,4)5)33(27,6)42-34/h14-15,17,22-24,26-28H,7-13,16,18-21H2,1-6H3,(H,35,40)(H,36,38)(H,37,39)/t23-,24-,26-,27+,28-,33-/m0/s1. The van der Waals surface area contributed by atoms with Crippen molar-refractivity contribution < 1.29 is 23.7 Å². The van der Waals surface area contributed by atoms with E-state index in [9.17, 15) is 14.4 Å². The molecule has 4 fully saturated rings. The third-order valence-electron chi connectivity index (χ3n) is 10.2. The second-order valence-electron chi connectivity index (χ2n) is 14.3. The van der Waals surface area contributed by atoms with Crippen LogP contribution in [0.25, 0.3) is 0 Å². The highest BCUT2D eigenvalue weighted by atomic mass is 32.1. The number of nitrogens with one attached hydrogen (secondary N) is 3. The van der Waals surface area contributed by atoms with E-state index in [0.717, 1.165) is 32.1 Å². The summed E-state index contributed by atoms with van der Waals surface area (Å²) in [5.41, 5.74) is -0.145. The van der Waals surface area contributed by atoms with Gasteiger partial charge in [-0.25, -0.2) is 0 Å². The summed E-state index contributed by atoms with van der Waals surface area (Å²) in [5, 5.41) is 10.8. The van der Waals surface area contributed by atoms with Gasteiger partial charge in [0.2, 0.25) is 11.8 Å². The molecule has 3 saturated carbocycles. The lowest BCUT2D eigenvalue weighted by Gasteiger charge is -2.64. The molecular formula is C33H54BN3O5S. The van der Waals surface area contributed by atoms with Crippen LogP contribution in [-0.2, 0) is 18.9 Å². The zero-order valence-corrected chi connectivity index (χ0v) is 28.0. The van der Waals surface area contributed by atoms with Crippen molar-refractivity contribution in [3.05, 3.63) is 22.4 Å². The first-order valence-electron chi connectivity index (χ1n) is 16.7. The van der Waals surface area contributed by atoms with E-state index in [2.05, 4.69) is 57.5 Å². The molecule has 4 aliphatic rings. The van der Waals surface area contributed by atoms with E-state index in [-0.39, 0.29) is 47.3 Å². The normalized spacial score (nSPS) is 26.8. The molecule has 8 nitrogen and oxygen atoms in total. The van der Waals surface area contributed by atoms with Gasteiger partial charge in [-0.2, -0.15) is 0 Å². The molecule has 0 unspecified atom stereocenters. The molecule has 1 aromatic rings. The quantitative estimate of drug-likeness (QED) is 0.150. The number of carbonyl (C=O) groups excluding carboxylic acids is 3. The van der Waals surface area contributed by atoms with Crippen LogP contribution in [0.15, 0.2) is 17.5 Å². The monoisotopic (exact) mass is 615 g/mol. The Labute approximate surface area is 263 Å². The van der Waals surface area contributed by atoms with Gasteiger partial charge in [-0.3, -0.25) is 14.4 Å². The Kier molecular flexibility index (Phi) is 11.8. The van der Waals surface area contributed by atoms with E-state index < -0.39 is 13.2 Å². The van der Waals surface area contributed by atoms with Gasteiger partial charge in [0.15, 0.2) is 0 Å². The predicted octanol–water partition coefficient (Wildman–Crippen LogP) is 5.90. The van der Waals surface area contributed by atoms with E-state index in [1.165, 1.54) is 37.0 Å². The topological polar surface area (TPSA) is 106 Å². The van der Waals surface area contributed by atoms with Crippen LogP contribution in [0.3, 0.4) is 0 Å². The maximum absolute atomic E-state index is 13.8. The lowest BCUT2D eigenvalue weighted by atomic mass is 9.43. The zero-order valence-electron chi connectivity index (χ0n) is 27.2. The third kappa shape index (κ3) is 8.23. The highest BCUT2D eigenvalue weighted by Crippen LogP contribution is 2.65. The highest BCUT2D eigenvalue weighted by Gasteiger charge is 2.68. The van der Waals surface area contributed by atoms with Gasteiger partial charge >= 0.3 is 7.12 Å². The summed E-state index contributed by atoms with van der Waals surface area (Å²) in [7, 11) is -0.554. The highest BCUT2D eigenvalue weighted by molar-refractivity contribution is 7.12. The molecule has 1 saturated heterocycles. The minimum Gasteiger partial charge on any atom is -0.404 e. The average molecular weight is 616 g/mol. The Morgan fingerprint density at radius 1 is 1.05 bits per heavy atom. The number of hydrogen-bond acceptors (Lipinski definition) is 6. The summed E-state index contributed by atoms with van der Waals surface area (Å²) in [6.45, 7) is 13.3. The van der Waals surface area contributed by atoms with E-state index in [1.54, 1.807) is 6.07 Å². The Bertz CT molecular complexity index is 1080. The van der Waals surface area contributed by atoms with Crippen LogP contribution in [-0.4, -0.2) is 55.1 Å². The fraction of sp³-hybridized carbons (Fsp3) is 0.788. The van der Waals surface area contributed by atoms with Crippen molar-refractivity contribution in [3.63, 3.8) is 0 Å². The lowest BCUT2D eigenvalue weighted by Crippen LogP contribution is -2.65. The van der Waals surface area contributed by atoms with Crippen molar-refractivity contribution in [2.45, 2.75) is 136 Å². The minimum atomic E-state index is -0.901. The molecule has 3 aliphatic carbocycles. The van der Waals surface area contributed by atoms with Crippen LogP contribution < -0.4 is 16.0 Å². The van der Waals surface area contributed by atoms with Crippen LogP contribution >= 0.6 is 11.3 Å². The minimum absolute atomic E-state index is 0.00435. The maximum atomic E-state index is 13.8. The van der Waals surface area contributed by atoms with Crippen LogP contribution in [0.2, 0.25) is 0 Å². The molecular weight excluding hydrogens is 561 g/mol. The Morgan fingerprint density at radius 3 is 2.42 bits per heavy atom. The van der Waals surface area contributed by atoms with Gasteiger partial charge in [-0.15, -0.1) is 11.3 Å². The average Bonchev–Trinajstić information content (AvgIpc) is 3.61. The molecule has 240 valence electrons.